The molecule has 9 atom stereocenters. The topological polar surface area (TPSA) is 119 Å². The van der Waals surface area contributed by atoms with Crippen molar-refractivity contribution in [2.24, 2.45) is 34.5 Å². The molecular weight excluding hydrogens is 416 g/mol. The predicted octanol–water partition coefficient (Wildman–Crippen LogP) is 2.11. The van der Waals surface area contributed by atoms with Gasteiger partial charge in [-0.25, -0.2) is 4.79 Å². The number of rotatable bonds is 2. The van der Waals surface area contributed by atoms with Crippen molar-refractivity contribution in [2.45, 2.75) is 84.9 Å². The van der Waals surface area contributed by atoms with Gasteiger partial charge in [-0.15, -0.1) is 0 Å². The van der Waals surface area contributed by atoms with Crippen molar-refractivity contribution in [1.82, 2.24) is 0 Å². The molecule has 178 valence electrons. The van der Waals surface area contributed by atoms with E-state index in [1.807, 2.05) is 20.8 Å². The lowest BCUT2D eigenvalue weighted by atomic mass is 9.41. The van der Waals surface area contributed by atoms with Gasteiger partial charge in [-0.3, -0.25) is 9.59 Å². The van der Waals surface area contributed by atoms with E-state index in [-0.39, 0.29) is 36.1 Å². The van der Waals surface area contributed by atoms with Crippen molar-refractivity contribution in [1.29, 1.82) is 0 Å². The number of aliphatic hydroxyl groups excluding tert-OH is 1. The summed E-state index contributed by atoms with van der Waals surface area (Å²) in [5, 5.41) is 22.8. The zero-order valence-electron chi connectivity index (χ0n) is 19.6. The Bertz CT molecular complexity index is 877. The van der Waals surface area contributed by atoms with Gasteiger partial charge in [-0.1, -0.05) is 27.7 Å². The van der Waals surface area contributed by atoms with Crippen LogP contribution in [0.4, 0.5) is 0 Å². The number of ether oxygens (including phenoxy) is 3. The van der Waals surface area contributed by atoms with Crippen molar-refractivity contribution < 1.29 is 38.8 Å². The maximum absolute atomic E-state index is 12.1. The van der Waals surface area contributed by atoms with Crippen molar-refractivity contribution in [3.05, 3.63) is 11.6 Å². The lowest BCUT2D eigenvalue weighted by Gasteiger charge is -2.66. The van der Waals surface area contributed by atoms with E-state index in [0.29, 0.717) is 18.4 Å². The fourth-order valence-electron chi connectivity index (χ4n) is 7.73. The number of esters is 3. The molecule has 8 nitrogen and oxygen atoms in total. The van der Waals surface area contributed by atoms with Crippen molar-refractivity contribution in [3.8, 4) is 0 Å². The maximum atomic E-state index is 12.1. The summed E-state index contributed by atoms with van der Waals surface area (Å²) < 4.78 is 16.8. The molecule has 1 aliphatic heterocycles. The molecule has 0 amide bonds. The van der Waals surface area contributed by atoms with Crippen LogP contribution in [0.15, 0.2) is 11.6 Å². The average molecular weight is 451 g/mol. The third kappa shape index (κ3) is 3.21. The zero-order chi connectivity index (χ0) is 23.8. The average Bonchev–Trinajstić information content (AvgIpc) is 2.96. The van der Waals surface area contributed by atoms with Gasteiger partial charge >= 0.3 is 17.9 Å². The molecule has 0 unspecified atom stereocenters. The molecular formula is C24H34O8. The number of aliphatic hydroxyl groups is 2. The second-order valence-electron chi connectivity index (χ2n) is 11.0. The summed E-state index contributed by atoms with van der Waals surface area (Å²) in [6.45, 7) is 10.6. The zero-order valence-corrected chi connectivity index (χ0v) is 19.6. The molecule has 8 heteroatoms. The predicted molar refractivity (Wildman–Crippen MR) is 112 cm³/mol. The highest BCUT2D eigenvalue weighted by molar-refractivity contribution is 5.86. The van der Waals surface area contributed by atoms with Gasteiger partial charge in [-0.05, 0) is 36.0 Å². The van der Waals surface area contributed by atoms with Crippen LogP contribution in [0, 0.1) is 34.5 Å². The Balaban J connectivity index is 1.83. The van der Waals surface area contributed by atoms with Gasteiger partial charge in [0.25, 0.3) is 0 Å². The number of carbonyl (C=O) groups excluding carboxylic acids is 3. The molecule has 32 heavy (non-hydrogen) atoms. The number of hydrogen-bond acceptors (Lipinski definition) is 8. The third-order valence-corrected chi connectivity index (χ3v) is 8.83. The van der Waals surface area contributed by atoms with Crippen LogP contribution in [0.25, 0.3) is 0 Å². The van der Waals surface area contributed by atoms with E-state index in [1.54, 1.807) is 0 Å². The smallest absolute Gasteiger partial charge is 0.333 e. The Labute approximate surface area is 188 Å². The minimum atomic E-state index is -1.68. The van der Waals surface area contributed by atoms with E-state index in [4.69, 9.17) is 14.2 Å². The first-order chi connectivity index (χ1) is 14.7. The van der Waals surface area contributed by atoms with E-state index in [0.717, 1.165) is 0 Å². The molecule has 0 bridgehead atoms. The van der Waals surface area contributed by atoms with Crippen LogP contribution in [0.5, 0.6) is 0 Å². The van der Waals surface area contributed by atoms with Gasteiger partial charge in [0.1, 0.15) is 12.2 Å². The second-order valence-corrected chi connectivity index (χ2v) is 11.0. The van der Waals surface area contributed by atoms with E-state index in [9.17, 15) is 24.6 Å². The van der Waals surface area contributed by atoms with Crippen LogP contribution in [-0.2, 0) is 28.6 Å². The van der Waals surface area contributed by atoms with Crippen LogP contribution in [0.1, 0.15) is 60.8 Å². The first-order valence-corrected chi connectivity index (χ1v) is 11.4. The monoisotopic (exact) mass is 450 g/mol. The third-order valence-electron chi connectivity index (χ3n) is 8.83. The SMILES string of the molecule is CC(=O)O[C@@H]1[C@H](O)[C@H]2[C@@H](C[C@@]3(O)OC(=O)C=C3[C@@H]2C)[C@]2(C)CC[C@H](OC(C)=O)C(C)(C)[C@H]12. The number of fused-ring (bicyclic) bond motifs is 4. The Morgan fingerprint density at radius 1 is 1.16 bits per heavy atom. The molecule has 0 spiro atoms. The maximum Gasteiger partial charge on any atom is 0.333 e. The van der Waals surface area contributed by atoms with Gasteiger partial charge in [0.15, 0.2) is 0 Å². The van der Waals surface area contributed by atoms with Crippen LogP contribution in [-0.4, -0.2) is 52.2 Å². The highest BCUT2D eigenvalue weighted by atomic mass is 16.7. The normalized spacial score (nSPS) is 46.7. The minimum absolute atomic E-state index is 0.171. The molecule has 3 saturated carbocycles. The summed E-state index contributed by atoms with van der Waals surface area (Å²) in [6.07, 6.45) is 0.549. The second kappa shape index (κ2) is 7.29. The van der Waals surface area contributed by atoms with Crippen LogP contribution >= 0.6 is 0 Å². The first kappa shape index (κ1) is 23.2. The fraction of sp³-hybridized carbons (Fsp3) is 0.792. The summed E-state index contributed by atoms with van der Waals surface area (Å²) in [6, 6.07) is 0. The van der Waals surface area contributed by atoms with Crippen LogP contribution in [0.2, 0.25) is 0 Å². The lowest BCUT2D eigenvalue weighted by molar-refractivity contribution is -0.277. The highest BCUT2D eigenvalue weighted by Crippen LogP contribution is 2.67. The van der Waals surface area contributed by atoms with Crippen LogP contribution in [0.3, 0.4) is 0 Å². The number of hydrogen-bond donors (Lipinski definition) is 2. The van der Waals surface area contributed by atoms with Gasteiger partial charge < -0.3 is 24.4 Å². The Kier molecular flexibility index (Phi) is 5.29. The summed E-state index contributed by atoms with van der Waals surface area (Å²) in [5.41, 5.74) is -0.604. The van der Waals surface area contributed by atoms with E-state index in [1.165, 1.54) is 19.9 Å². The van der Waals surface area contributed by atoms with E-state index >= 15 is 0 Å². The molecule has 3 fully saturated rings. The lowest BCUT2D eigenvalue weighted by Crippen LogP contribution is -2.69. The molecule has 4 rings (SSSR count). The summed E-state index contributed by atoms with van der Waals surface area (Å²) >= 11 is 0. The molecule has 0 radical (unpaired) electrons. The minimum Gasteiger partial charge on any atom is -0.462 e. The standard InChI is InChI=1S/C24H34O8/c1-11-14-9-17(27)32-24(14,29)10-15-18(11)19(28)20(31-13(3)26)21-22(4,5)16(30-12(2)25)7-8-23(15,21)6/h9,11,15-16,18-21,28-29H,7-8,10H2,1-6H3/t11-,15+,16-,18+,19+,20+,21-,23-,24+/m0/s1. The Morgan fingerprint density at radius 2 is 1.78 bits per heavy atom. The quantitative estimate of drug-likeness (QED) is 0.485. The summed E-state index contributed by atoms with van der Waals surface area (Å²) in [7, 11) is 0. The summed E-state index contributed by atoms with van der Waals surface area (Å²) in [5.74, 6) is -4.35. The van der Waals surface area contributed by atoms with E-state index < -0.39 is 46.9 Å². The van der Waals surface area contributed by atoms with Crippen molar-refractivity contribution >= 4 is 17.9 Å². The van der Waals surface area contributed by atoms with E-state index in [2.05, 4.69) is 6.92 Å². The molecule has 4 aliphatic rings. The molecule has 1 heterocycles. The summed E-state index contributed by atoms with van der Waals surface area (Å²) in [4.78, 5) is 35.9. The molecule has 0 saturated heterocycles. The largest absolute Gasteiger partial charge is 0.462 e. The number of carbonyl (C=O) groups is 3. The van der Waals surface area contributed by atoms with Gasteiger partial charge in [0, 0.05) is 43.3 Å². The molecule has 2 N–H and O–H groups in total. The fourth-order valence-corrected chi connectivity index (χ4v) is 7.73. The Morgan fingerprint density at radius 3 is 2.38 bits per heavy atom. The Hall–Kier alpha value is -1.93. The molecule has 0 aromatic carbocycles. The molecule has 0 aromatic heterocycles. The van der Waals surface area contributed by atoms with Gasteiger partial charge in [0.2, 0.25) is 5.79 Å². The highest BCUT2D eigenvalue weighted by Gasteiger charge is 2.69. The van der Waals surface area contributed by atoms with Crippen molar-refractivity contribution in [3.63, 3.8) is 0 Å². The van der Waals surface area contributed by atoms with Crippen molar-refractivity contribution in [2.75, 3.05) is 0 Å². The first-order valence-electron chi connectivity index (χ1n) is 11.4. The molecule has 0 aromatic rings. The van der Waals surface area contributed by atoms with Gasteiger partial charge in [-0.2, -0.15) is 0 Å². The van der Waals surface area contributed by atoms with Crippen LogP contribution < -0.4 is 0 Å². The van der Waals surface area contributed by atoms with Gasteiger partial charge in [0.05, 0.1) is 6.10 Å². The molecule has 3 aliphatic carbocycles.